The Balaban J connectivity index is 1.50. The minimum Gasteiger partial charge on any atom is -0.481 e. The summed E-state index contributed by atoms with van der Waals surface area (Å²) in [4.78, 5) is 30.1. The number of aliphatic carboxylic acids is 1. The van der Waals surface area contributed by atoms with Crippen LogP contribution in [0, 0.1) is 11.8 Å². The van der Waals surface area contributed by atoms with Crippen LogP contribution in [0.5, 0.6) is 0 Å². The van der Waals surface area contributed by atoms with E-state index in [0.29, 0.717) is 36.2 Å². The Morgan fingerprint density at radius 3 is 2.67 bits per heavy atom. The molecule has 0 atom stereocenters. The number of carbonyl (C=O) groups is 1. The highest BCUT2D eigenvalue weighted by Crippen LogP contribution is 2.37. The monoisotopic (exact) mass is 477 g/mol. The minimum atomic E-state index is -0.804. The SMILES string of the molecule is Nc1nc(N)c2nc(CN3c4ccccc4C=Cc4cc(C#CCCCC(=O)O)ccc43)cnc2n1. The Morgan fingerprint density at radius 2 is 1.81 bits per heavy atom. The van der Waals surface area contributed by atoms with Crippen molar-refractivity contribution in [3.63, 3.8) is 0 Å². The van der Waals surface area contributed by atoms with Crippen molar-refractivity contribution in [2.45, 2.75) is 25.8 Å². The van der Waals surface area contributed by atoms with E-state index in [1.165, 1.54) is 0 Å². The maximum atomic E-state index is 10.7. The third-order valence-corrected chi connectivity index (χ3v) is 5.73. The van der Waals surface area contributed by atoms with E-state index in [2.05, 4.69) is 61.0 Å². The van der Waals surface area contributed by atoms with Gasteiger partial charge in [0.05, 0.1) is 18.4 Å². The van der Waals surface area contributed by atoms with Gasteiger partial charge in [0.2, 0.25) is 5.95 Å². The lowest BCUT2D eigenvalue weighted by molar-refractivity contribution is -0.137. The van der Waals surface area contributed by atoms with Crippen molar-refractivity contribution in [1.29, 1.82) is 0 Å². The maximum Gasteiger partial charge on any atom is 0.303 e. The first-order chi connectivity index (χ1) is 17.5. The summed E-state index contributed by atoms with van der Waals surface area (Å²) >= 11 is 0. The van der Waals surface area contributed by atoms with Gasteiger partial charge in [0.1, 0.15) is 0 Å². The first-order valence-electron chi connectivity index (χ1n) is 11.4. The molecule has 5 rings (SSSR count). The number of hydrogen-bond donors (Lipinski definition) is 3. The summed E-state index contributed by atoms with van der Waals surface area (Å²) in [5.41, 5.74) is 18.2. The van der Waals surface area contributed by atoms with E-state index in [0.717, 1.165) is 28.1 Å². The van der Waals surface area contributed by atoms with Gasteiger partial charge in [-0.2, -0.15) is 9.97 Å². The average Bonchev–Trinajstić information content (AvgIpc) is 3.01. The molecular weight excluding hydrogens is 454 g/mol. The zero-order chi connectivity index (χ0) is 25.1. The highest BCUT2D eigenvalue weighted by Gasteiger charge is 2.20. The van der Waals surface area contributed by atoms with Crippen LogP contribution in [0.2, 0.25) is 0 Å². The number of rotatable bonds is 5. The van der Waals surface area contributed by atoms with Crippen molar-refractivity contribution in [3.05, 3.63) is 71.0 Å². The summed E-state index contributed by atoms with van der Waals surface area (Å²) in [7, 11) is 0. The molecule has 1 aliphatic heterocycles. The van der Waals surface area contributed by atoms with Crippen LogP contribution in [0.1, 0.15) is 41.6 Å². The molecule has 0 spiro atoms. The van der Waals surface area contributed by atoms with E-state index < -0.39 is 5.97 Å². The van der Waals surface area contributed by atoms with Gasteiger partial charge in [0.15, 0.2) is 17.0 Å². The van der Waals surface area contributed by atoms with Crippen molar-refractivity contribution >= 4 is 52.4 Å². The molecule has 5 N–H and O–H groups in total. The number of anilines is 4. The molecule has 2 aromatic heterocycles. The highest BCUT2D eigenvalue weighted by atomic mass is 16.4. The molecule has 0 saturated heterocycles. The summed E-state index contributed by atoms with van der Waals surface area (Å²) < 4.78 is 0. The fourth-order valence-electron chi connectivity index (χ4n) is 4.08. The molecule has 0 amide bonds. The zero-order valence-electron chi connectivity index (χ0n) is 19.3. The number of unbranched alkanes of at least 4 members (excludes halogenated alkanes) is 1. The normalized spacial score (nSPS) is 11.8. The van der Waals surface area contributed by atoms with Crippen molar-refractivity contribution in [3.8, 4) is 11.8 Å². The van der Waals surface area contributed by atoms with E-state index in [9.17, 15) is 4.79 Å². The van der Waals surface area contributed by atoms with Gasteiger partial charge in [0.25, 0.3) is 0 Å². The van der Waals surface area contributed by atoms with Crippen LogP contribution in [0.25, 0.3) is 23.3 Å². The molecule has 0 unspecified atom stereocenters. The summed E-state index contributed by atoms with van der Waals surface area (Å²) in [6, 6.07) is 14.2. The first kappa shape index (κ1) is 22.8. The van der Waals surface area contributed by atoms with Crippen molar-refractivity contribution in [2.75, 3.05) is 16.4 Å². The largest absolute Gasteiger partial charge is 0.481 e. The van der Waals surface area contributed by atoms with Crippen LogP contribution in [0.3, 0.4) is 0 Å². The highest BCUT2D eigenvalue weighted by molar-refractivity contribution is 5.89. The Kier molecular flexibility index (Phi) is 6.16. The number of aromatic nitrogens is 4. The van der Waals surface area contributed by atoms with Gasteiger partial charge in [-0.05, 0) is 41.8 Å². The van der Waals surface area contributed by atoms with Crippen LogP contribution in [-0.4, -0.2) is 31.0 Å². The number of fused-ring (bicyclic) bond motifs is 3. The lowest BCUT2D eigenvalue weighted by Gasteiger charge is -2.26. The smallest absolute Gasteiger partial charge is 0.303 e. The molecule has 0 radical (unpaired) electrons. The Bertz CT molecular complexity index is 1570. The maximum absolute atomic E-state index is 10.7. The number of carboxylic acids is 1. The van der Waals surface area contributed by atoms with Crippen LogP contribution < -0.4 is 16.4 Å². The van der Waals surface area contributed by atoms with Crippen LogP contribution >= 0.6 is 0 Å². The second kappa shape index (κ2) is 9.72. The molecule has 36 heavy (non-hydrogen) atoms. The standard InChI is InChI=1S/C27H23N7O2/c28-25-24-26(33-27(29)32-25)30-15-20(31-24)16-34-21-8-5-4-7-18(21)11-12-19-14-17(10-13-22(19)34)6-2-1-3-9-23(35)36/h4-5,7-8,10-15H,1,3,9,16H2,(H,35,36)(H4,28,29,30,32,33). The van der Waals surface area contributed by atoms with E-state index >= 15 is 0 Å². The topological polar surface area (TPSA) is 144 Å². The Hall–Kier alpha value is -4.97. The van der Waals surface area contributed by atoms with Crippen LogP contribution in [-0.2, 0) is 11.3 Å². The Morgan fingerprint density at radius 1 is 1.00 bits per heavy atom. The van der Waals surface area contributed by atoms with E-state index in [4.69, 9.17) is 16.6 Å². The Labute approximate surface area is 207 Å². The minimum absolute atomic E-state index is 0.0595. The predicted octanol–water partition coefficient (Wildman–Crippen LogP) is 4.01. The number of nitrogens with two attached hydrogens (primary N) is 2. The van der Waals surface area contributed by atoms with Gasteiger partial charge < -0.3 is 21.5 Å². The molecule has 3 heterocycles. The summed E-state index contributed by atoms with van der Waals surface area (Å²) in [6.07, 6.45) is 7.02. The molecule has 9 heteroatoms. The van der Waals surface area contributed by atoms with Crippen LogP contribution in [0.15, 0.2) is 48.7 Å². The van der Waals surface area contributed by atoms with Crippen molar-refractivity contribution < 1.29 is 9.90 Å². The van der Waals surface area contributed by atoms with Gasteiger partial charge in [-0.1, -0.05) is 42.2 Å². The number of benzene rings is 2. The van der Waals surface area contributed by atoms with Gasteiger partial charge in [-0.15, -0.1) is 0 Å². The molecule has 9 nitrogen and oxygen atoms in total. The quantitative estimate of drug-likeness (QED) is 0.287. The first-order valence-corrected chi connectivity index (χ1v) is 11.4. The summed E-state index contributed by atoms with van der Waals surface area (Å²) in [5.74, 6) is 5.67. The van der Waals surface area contributed by atoms with Crippen molar-refractivity contribution in [1.82, 2.24) is 19.9 Å². The second-order valence-corrected chi connectivity index (χ2v) is 8.30. The van der Waals surface area contributed by atoms with Crippen molar-refractivity contribution in [2.24, 2.45) is 0 Å². The number of nitrogen functional groups attached to an aromatic ring is 2. The molecule has 4 aromatic rings. The third-order valence-electron chi connectivity index (χ3n) is 5.73. The fourth-order valence-corrected chi connectivity index (χ4v) is 4.08. The number of carboxylic acid groups (broad SMARTS) is 1. The average molecular weight is 478 g/mol. The molecule has 178 valence electrons. The molecule has 0 saturated carbocycles. The molecule has 0 fully saturated rings. The van der Waals surface area contributed by atoms with Gasteiger partial charge in [-0.25, -0.2) is 9.97 Å². The van der Waals surface area contributed by atoms with E-state index in [-0.39, 0.29) is 18.2 Å². The lowest BCUT2D eigenvalue weighted by Crippen LogP contribution is -2.19. The number of nitrogens with zero attached hydrogens (tertiary/aromatic N) is 5. The molecule has 2 aromatic carbocycles. The number of para-hydroxylation sites is 1. The van der Waals surface area contributed by atoms with E-state index in [1.807, 2.05) is 30.3 Å². The molecular formula is C27H23N7O2. The molecule has 0 aliphatic carbocycles. The number of hydrogen-bond acceptors (Lipinski definition) is 8. The zero-order valence-corrected chi connectivity index (χ0v) is 19.3. The summed E-state index contributed by atoms with van der Waals surface area (Å²) in [5, 5.41) is 8.78. The van der Waals surface area contributed by atoms with E-state index in [1.54, 1.807) is 6.20 Å². The second-order valence-electron chi connectivity index (χ2n) is 8.30. The van der Waals surface area contributed by atoms with Gasteiger partial charge >= 0.3 is 5.97 Å². The van der Waals surface area contributed by atoms with Gasteiger partial charge in [-0.3, -0.25) is 4.79 Å². The predicted molar refractivity (Wildman–Crippen MR) is 140 cm³/mol. The third kappa shape index (κ3) is 4.79. The molecule has 1 aliphatic rings. The lowest BCUT2D eigenvalue weighted by atomic mass is 10.1. The van der Waals surface area contributed by atoms with Crippen LogP contribution in [0.4, 0.5) is 23.1 Å². The fraction of sp³-hybridized carbons (Fsp3) is 0.148. The van der Waals surface area contributed by atoms with Gasteiger partial charge in [0, 0.05) is 29.8 Å². The molecule has 0 bridgehead atoms. The summed E-state index contributed by atoms with van der Waals surface area (Å²) in [6.45, 7) is 0.443.